The number of rotatable bonds is 4. The van der Waals surface area contributed by atoms with Gasteiger partial charge >= 0.3 is 0 Å². The van der Waals surface area contributed by atoms with Crippen molar-refractivity contribution in [2.45, 2.75) is 46.2 Å². The van der Waals surface area contributed by atoms with Crippen LogP contribution in [-0.2, 0) is 18.5 Å². The van der Waals surface area contributed by atoms with Crippen molar-refractivity contribution >= 4 is 11.3 Å². The summed E-state index contributed by atoms with van der Waals surface area (Å²) in [6.07, 6.45) is 1.79. The van der Waals surface area contributed by atoms with Gasteiger partial charge in [-0.05, 0) is 13.0 Å². The van der Waals surface area contributed by atoms with E-state index in [2.05, 4.69) is 46.4 Å². The zero-order chi connectivity index (χ0) is 13.9. The van der Waals surface area contributed by atoms with Crippen molar-refractivity contribution in [3.05, 3.63) is 39.9 Å². The maximum atomic E-state index is 4.65. The normalized spacial score (nSPS) is 11.8. The summed E-state index contributed by atoms with van der Waals surface area (Å²) in [5.74, 6) is 0.809. The molecule has 0 aliphatic carbocycles. The van der Waals surface area contributed by atoms with Gasteiger partial charge in [-0.15, -0.1) is 11.3 Å². The first-order valence-corrected chi connectivity index (χ1v) is 7.27. The van der Waals surface area contributed by atoms with Crippen molar-refractivity contribution < 1.29 is 0 Å². The van der Waals surface area contributed by atoms with E-state index >= 15 is 0 Å². The molecule has 0 unspecified atom stereocenters. The van der Waals surface area contributed by atoms with Crippen molar-refractivity contribution in [2.24, 2.45) is 0 Å². The Hall–Kier alpha value is -1.33. The molecule has 0 radical (unpaired) electrons. The molecule has 0 fully saturated rings. The minimum absolute atomic E-state index is 0.124. The van der Waals surface area contributed by atoms with Crippen molar-refractivity contribution in [1.29, 1.82) is 0 Å². The lowest BCUT2D eigenvalue weighted by Crippen LogP contribution is -2.15. The summed E-state index contributed by atoms with van der Waals surface area (Å²) in [4.78, 5) is 13.1. The second kappa shape index (κ2) is 5.75. The molecule has 2 aromatic rings. The minimum Gasteiger partial charge on any atom is -0.305 e. The highest BCUT2D eigenvalue weighted by molar-refractivity contribution is 7.09. The zero-order valence-corrected chi connectivity index (χ0v) is 12.7. The van der Waals surface area contributed by atoms with Gasteiger partial charge in [0.05, 0.1) is 11.4 Å². The molecule has 0 aliphatic heterocycles. The average molecular weight is 276 g/mol. The highest BCUT2D eigenvalue weighted by atomic mass is 32.1. The number of thiazole rings is 1. The van der Waals surface area contributed by atoms with Gasteiger partial charge in [0.1, 0.15) is 10.8 Å². The minimum atomic E-state index is 0.124. The van der Waals surface area contributed by atoms with Crippen LogP contribution in [0.3, 0.4) is 0 Å². The number of aromatic nitrogens is 3. The summed E-state index contributed by atoms with van der Waals surface area (Å²) in [5, 5.41) is 6.63. The lowest BCUT2D eigenvalue weighted by molar-refractivity contribution is 0.568. The van der Waals surface area contributed by atoms with E-state index in [9.17, 15) is 0 Å². The van der Waals surface area contributed by atoms with Crippen LogP contribution in [0, 0.1) is 6.92 Å². The van der Waals surface area contributed by atoms with Gasteiger partial charge in [-0.3, -0.25) is 0 Å². The number of nitrogens with one attached hydrogen (secondary N) is 1. The third-order valence-corrected chi connectivity index (χ3v) is 3.59. The standard InChI is InChI=1S/C14H20N4S/c1-10-16-6-5-11(17-10)7-15-8-13-18-12(9-19-13)14(2,3)4/h5-6,9,15H,7-8H2,1-4H3. The third kappa shape index (κ3) is 4.08. The Morgan fingerprint density at radius 3 is 2.63 bits per heavy atom. The molecule has 19 heavy (non-hydrogen) atoms. The number of hydrogen-bond acceptors (Lipinski definition) is 5. The summed E-state index contributed by atoms with van der Waals surface area (Å²) < 4.78 is 0. The van der Waals surface area contributed by atoms with E-state index in [-0.39, 0.29) is 5.41 Å². The highest BCUT2D eigenvalue weighted by Gasteiger charge is 2.17. The van der Waals surface area contributed by atoms with Crippen LogP contribution in [0.25, 0.3) is 0 Å². The Morgan fingerprint density at radius 1 is 1.21 bits per heavy atom. The topological polar surface area (TPSA) is 50.7 Å². The van der Waals surface area contributed by atoms with Crippen molar-refractivity contribution in [1.82, 2.24) is 20.3 Å². The Bertz CT molecular complexity index is 542. The van der Waals surface area contributed by atoms with Crippen LogP contribution in [0.2, 0.25) is 0 Å². The Kier molecular flexibility index (Phi) is 4.27. The second-order valence-corrected chi connectivity index (χ2v) is 6.52. The first-order valence-electron chi connectivity index (χ1n) is 6.39. The molecule has 5 heteroatoms. The molecular weight excluding hydrogens is 256 g/mol. The average Bonchev–Trinajstić information content (AvgIpc) is 2.77. The van der Waals surface area contributed by atoms with Gasteiger partial charge in [0.15, 0.2) is 0 Å². The van der Waals surface area contributed by atoms with E-state index in [0.29, 0.717) is 0 Å². The van der Waals surface area contributed by atoms with Crippen molar-refractivity contribution in [2.75, 3.05) is 0 Å². The Labute approximate surface area is 118 Å². The van der Waals surface area contributed by atoms with Crippen LogP contribution in [0.15, 0.2) is 17.6 Å². The predicted octanol–water partition coefficient (Wildman–Crippen LogP) is 2.83. The summed E-state index contributed by atoms with van der Waals surface area (Å²) in [5.41, 5.74) is 2.30. The predicted molar refractivity (Wildman–Crippen MR) is 78.1 cm³/mol. The lowest BCUT2D eigenvalue weighted by Gasteiger charge is -2.14. The fourth-order valence-corrected chi connectivity index (χ4v) is 2.63. The van der Waals surface area contributed by atoms with Crippen molar-refractivity contribution in [3.8, 4) is 0 Å². The SMILES string of the molecule is Cc1nccc(CNCc2nc(C(C)(C)C)cs2)n1. The molecule has 0 aliphatic rings. The molecule has 0 saturated carbocycles. The van der Waals surface area contributed by atoms with E-state index < -0.39 is 0 Å². The van der Waals surface area contributed by atoms with Gasteiger partial charge in [0.25, 0.3) is 0 Å². The van der Waals surface area contributed by atoms with E-state index in [0.717, 1.165) is 35.3 Å². The molecule has 4 nitrogen and oxygen atoms in total. The Balaban J connectivity index is 1.88. The van der Waals surface area contributed by atoms with Crippen LogP contribution in [0.5, 0.6) is 0 Å². The smallest absolute Gasteiger partial charge is 0.125 e. The first-order chi connectivity index (χ1) is 8.95. The van der Waals surface area contributed by atoms with E-state index in [1.165, 1.54) is 0 Å². The van der Waals surface area contributed by atoms with Gasteiger partial charge in [0, 0.05) is 30.1 Å². The first kappa shape index (κ1) is 14.1. The lowest BCUT2D eigenvalue weighted by atomic mass is 9.93. The third-order valence-electron chi connectivity index (χ3n) is 2.74. The summed E-state index contributed by atoms with van der Waals surface area (Å²) in [6.45, 7) is 9.98. The molecule has 0 atom stereocenters. The fourth-order valence-electron chi connectivity index (χ4n) is 1.64. The van der Waals surface area contributed by atoms with Crippen molar-refractivity contribution in [3.63, 3.8) is 0 Å². The molecule has 2 rings (SSSR count). The van der Waals surface area contributed by atoms with E-state index in [1.807, 2.05) is 13.0 Å². The molecule has 0 spiro atoms. The Morgan fingerprint density at radius 2 is 2.00 bits per heavy atom. The van der Waals surface area contributed by atoms with Gasteiger partial charge in [-0.1, -0.05) is 20.8 Å². The van der Waals surface area contributed by atoms with E-state index in [1.54, 1.807) is 17.5 Å². The number of nitrogens with zero attached hydrogens (tertiary/aromatic N) is 3. The maximum absolute atomic E-state index is 4.65. The highest BCUT2D eigenvalue weighted by Crippen LogP contribution is 2.23. The summed E-state index contributed by atoms with van der Waals surface area (Å²) in [7, 11) is 0. The van der Waals surface area contributed by atoms with E-state index in [4.69, 9.17) is 0 Å². The van der Waals surface area contributed by atoms with Crippen LogP contribution >= 0.6 is 11.3 Å². The fraction of sp³-hybridized carbons (Fsp3) is 0.500. The molecule has 2 heterocycles. The monoisotopic (exact) mass is 276 g/mol. The molecule has 0 bridgehead atoms. The quantitative estimate of drug-likeness (QED) is 0.933. The molecule has 0 amide bonds. The molecule has 102 valence electrons. The zero-order valence-electron chi connectivity index (χ0n) is 11.9. The van der Waals surface area contributed by atoms with Crippen LogP contribution < -0.4 is 5.32 Å². The van der Waals surface area contributed by atoms with Crippen LogP contribution in [0.4, 0.5) is 0 Å². The summed E-state index contributed by atoms with van der Waals surface area (Å²) >= 11 is 1.71. The molecule has 0 saturated heterocycles. The van der Waals surface area contributed by atoms with Gasteiger partial charge in [0.2, 0.25) is 0 Å². The molecular formula is C14H20N4S. The second-order valence-electron chi connectivity index (χ2n) is 5.58. The van der Waals surface area contributed by atoms with Crippen LogP contribution in [-0.4, -0.2) is 15.0 Å². The van der Waals surface area contributed by atoms with Gasteiger partial charge in [-0.2, -0.15) is 0 Å². The largest absolute Gasteiger partial charge is 0.305 e. The van der Waals surface area contributed by atoms with Gasteiger partial charge < -0.3 is 5.32 Å². The molecule has 0 aromatic carbocycles. The van der Waals surface area contributed by atoms with Gasteiger partial charge in [-0.25, -0.2) is 15.0 Å². The molecule has 1 N–H and O–H groups in total. The maximum Gasteiger partial charge on any atom is 0.125 e. The number of hydrogen-bond donors (Lipinski definition) is 1. The number of aryl methyl sites for hydroxylation is 1. The molecule has 2 aromatic heterocycles. The summed E-state index contributed by atoms with van der Waals surface area (Å²) in [6, 6.07) is 1.93. The van der Waals surface area contributed by atoms with Crippen LogP contribution in [0.1, 0.15) is 43.0 Å².